The molecule has 2 nitrogen and oxygen atoms in total. The molecule has 0 bridgehead atoms. The van der Waals surface area contributed by atoms with Gasteiger partial charge in [0.15, 0.2) is 0 Å². The third-order valence-corrected chi connectivity index (χ3v) is 4.27. The molecule has 0 radical (unpaired) electrons. The predicted molar refractivity (Wildman–Crippen MR) is 88.1 cm³/mol. The Balaban J connectivity index is 2.43. The summed E-state index contributed by atoms with van der Waals surface area (Å²) in [6.07, 6.45) is 7.05. The van der Waals surface area contributed by atoms with Crippen molar-refractivity contribution in [3.05, 3.63) is 0 Å². The molecular formula is C18H37NO. The number of hydrogen-bond acceptors (Lipinski definition) is 2. The molecule has 2 heteroatoms. The highest BCUT2D eigenvalue weighted by molar-refractivity contribution is 4.84. The number of hydrogen-bond donors (Lipinski definition) is 1. The summed E-state index contributed by atoms with van der Waals surface area (Å²) < 4.78 is 6.46. The Hall–Kier alpha value is -0.0800. The topological polar surface area (TPSA) is 21.3 Å². The standard InChI is InChI=1S/C18H37NO/c1-7-8-16(13-19-12-14(2)3)20-17-9-15(4)10-18(5,6)11-17/h14-17,19H,7-13H2,1-6H3. The fraction of sp³-hybridized carbons (Fsp3) is 1.00. The Morgan fingerprint density at radius 2 is 1.90 bits per heavy atom. The van der Waals surface area contributed by atoms with Crippen molar-refractivity contribution in [1.82, 2.24) is 5.32 Å². The zero-order valence-corrected chi connectivity index (χ0v) is 14.7. The van der Waals surface area contributed by atoms with Crippen molar-refractivity contribution in [2.45, 2.75) is 85.9 Å². The van der Waals surface area contributed by atoms with Gasteiger partial charge in [0.2, 0.25) is 0 Å². The fourth-order valence-electron chi connectivity index (χ4n) is 3.71. The second-order valence-electron chi connectivity index (χ2n) is 8.13. The molecular weight excluding hydrogens is 246 g/mol. The average molecular weight is 284 g/mol. The van der Waals surface area contributed by atoms with Gasteiger partial charge in [-0.15, -0.1) is 0 Å². The van der Waals surface area contributed by atoms with Gasteiger partial charge < -0.3 is 10.1 Å². The zero-order valence-electron chi connectivity index (χ0n) is 14.7. The van der Waals surface area contributed by atoms with Crippen LogP contribution in [-0.4, -0.2) is 25.3 Å². The molecule has 1 aliphatic carbocycles. The maximum atomic E-state index is 6.46. The largest absolute Gasteiger partial charge is 0.374 e. The quantitative estimate of drug-likeness (QED) is 0.701. The molecule has 3 atom stereocenters. The maximum Gasteiger partial charge on any atom is 0.0703 e. The lowest BCUT2D eigenvalue weighted by Gasteiger charge is -2.40. The van der Waals surface area contributed by atoms with Crippen molar-refractivity contribution in [1.29, 1.82) is 0 Å². The molecule has 3 unspecified atom stereocenters. The predicted octanol–water partition coefficient (Wildman–Crippen LogP) is 4.63. The van der Waals surface area contributed by atoms with Crippen LogP contribution >= 0.6 is 0 Å². The normalized spacial score (nSPS) is 27.8. The molecule has 0 spiro atoms. The molecule has 0 heterocycles. The molecule has 120 valence electrons. The van der Waals surface area contributed by atoms with E-state index in [1.807, 2.05) is 0 Å². The van der Waals surface area contributed by atoms with Gasteiger partial charge >= 0.3 is 0 Å². The van der Waals surface area contributed by atoms with Crippen molar-refractivity contribution in [3.63, 3.8) is 0 Å². The van der Waals surface area contributed by atoms with Crippen LogP contribution in [0.15, 0.2) is 0 Å². The minimum Gasteiger partial charge on any atom is -0.374 e. The van der Waals surface area contributed by atoms with Crippen molar-refractivity contribution in [2.24, 2.45) is 17.3 Å². The summed E-state index contributed by atoms with van der Waals surface area (Å²) in [6, 6.07) is 0. The van der Waals surface area contributed by atoms with E-state index in [0.717, 1.165) is 19.0 Å². The molecule has 1 saturated carbocycles. The summed E-state index contributed by atoms with van der Waals surface area (Å²) >= 11 is 0. The fourth-order valence-corrected chi connectivity index (χ4v) is 3.71. The van der Waals surface area contributed by atoms with Crippen molar-refractivity contribution >= 4 is 0 Å². The monoisotopic (exact) mass is 283 g/mol. The summed E-state index contributed by atoms with van der Waals surface area (Å²) in [6.45, 7) is 16.0. The van der Waals surface area contributed by atoms with Gasteiger partial charge in [0.1, 0.15) is 0 Å². The first-order chi connectivity index (χ1) is 9.32. The molecule has 0 aliphatic heterocycles. The summed E-state index contributed by atoms with van der Waals surface area (Å²) in [7, 11) is 0. The van der Waals surface area contributed by atoms with Crippen LogP contribution in [0.5, 0.6) is 0 Å². The van der Waals surface area contributed by atoms with E-state index < -0.39 is 0 Å². The van der Waals surface area contributed by atoms with E-state index in [2.05, 4.69) is 46.9 Å². The van der Waals surface area contributed by atoms with Gasteiger partial charge in [0.05, 0.1) is 12.2 Å². The lowest BCUT2D eigenvalue weighted by atomic mass is 9.71. The van der Waals surface area contributed by atoms with Gasteiger partial charge in [-0.1, -0.05) is 48.0 Å². The minimum atomic E-state index is 0.393. The Morgan fingerprint density at radius 3 is 2.45 bits per heavy atom. The van der Waals surface area contributed by atoms with Crippen molar-refractivity contribution < 1.29 is 4.74 Å². The summed E-state index contributed by atoms with van der Waals surface area (Å²) in [4.78, 5) is 0. The highest BCUT2D eigenvalue weighted by Crippen LogP contribution is 2.40. The highest BCUT2D eigenvalue weighted by Gasteiger charge is 2.33. The van der Waals surface area contributed by atoms with Crippen LogP contribution in [-0.2, 0) is 4.74 Å². The molecule has 1 aliphatic rings. The molecule has 20 heavy (non-hydrogen) atoms. The van der Waals surface area contributed by atoms with Crippen LogP contribution in [0.3, 0.4) is 0 Å². The molecule has 0 saturated heterocycles. The number of ether oxygens (including phenoxy) is 1. The number of rotatable bonds is 8. The van der Waals surface area contributed by atoms with E-state index in [1.54, 1.807) is 0 Å². The van der Waals surface area contributed by atoms with E-state index >= 15 is 0 Å². The molecule has 1 fully saturated rings. The van der Waals surface area contributed by atoms with E-state index in [4.69, 9.17) is 4.74 Å². The lowest BCUT2D eigenvalue weighted by Crippen LogP contribution is -2.38. The maximum absolute atomic E-state index is 6.46. The average Bonchev–Trinajstić information content (AvgIpc) is 2.25. The molecule has 0 aromatic heterocycles. The van der Waals surface area contributed by atoms with Crippen LogP contribution in [0.25, 0.3) is 0 Å². The molecule has 1 N–H and O–H groups in total. The van der Waals surface area contributed by atoms with E-state index in [1.165, 1.54) is 32.1 Å². The Kier molecular flexibility index (Phi) is 7.53. The van der Waals surface area contributed by atoms with Gasteiger partial charge in [0, 0.05) is 6.54 Å². The zero-order chi connectivity index (χ0) is 15.2. The number of nitrogens with one attached hydrogen (secondary N) is 1. The van der Waals surface area contributed by atoms with Crippen LogP contribution in [0.4, 0.5) is 0 Å². The second-order valence-corrected chi connectivity index (χ2v) is 8.13. The third-order valence-electron chi connectivity index (χ3n) is 4.27. The molecule has 0 amide bonds. The smallest absolute Gasteiger partial charge is 0.0703 e. The van der Waals surface area contributed by atoms with Gasteiger partial charge in [-0.3, -0.25) is 0 Å². The van der Waals surface area contributed by atoms with Crippen molar-refractivity contribution in [3.8, 4) is 0 Å². The lowest BCUT2D eigenvalue weighted by molar-refractivity contribution is -0.0671. The van der Waals surface area contributed by atoms with Crippen LogP contribution < -0.4 is 5.32 Å². The third kappa shape index (κ3) is 7.08. The Labute approximate surface area is 127 Å². The summed E-state index contributed by atoms with van der Waals surface area (Å²) in [5.41, 5.74) is 0.449. The van der Waals surface area contributed by atoms with Crippen LogP contribution in [0, 0.1) is 17.3 Å². The Bertz CT molecular complexity index is 262. The van der Waals surface area contributed by atoms with Gasteiger partial charge in [-0.25, -0.2) is 0 Å². The molecule has 0 aromatic rings. The molecule has 0 aromatic carbocycles. The first-order valence-electron chi connectivity index (χ1n) is 8.68. The molecule has 1 rings (SSSR count). The van der Waals surface area contributed by atoms with Crippen molar-refractivity contribution in [2.75, 3.05) is 13.1 Å². The highest BCUT2D eigenvalue weighted by atomic mass is 16.5. The summed E-state index contributed by atoms with van der Waals surface area (Å²) in [5, 5.41) is 3.57. The Morgan fingerprint density at radius 1 is 1.20 bits per heavy atom. The van der Waals surface area contributed by atoms with Gasteiger partial charge in [-0.05, 0) is 49.5 Å². The van der Waals surface area contributed by atoms with Crippen LogP contribution in [0.1, 0.15) is 73.6 Å². The van der Waals surface area contributed by atoms with Crippen LogP contribution in [0.2, 0.25) is 0 Å². The SMILES string of the molecule is CCCC(CNCC(C)C)OC1CC(C)CC(C)(C)C1. The van der Waals surface area contributed by atoms with Gasteiger partial charge in [-0.2, -0.15) is 0 Å². The minimum absolute atomic E-state index is 0.393. The second kappa shape index (κ2) is 8.38. The first-order valence-corrected chi connectivity index (χ1v) is 8.68. The van der Waals surface area contributed by atoms with Gasteiger partial charge in [0.25, 0.3) is 0 Å². The first kappa shape index (κ1) is 18.0. The van der Waals surface area contributed by atoms with E-state index in [0.29, 0.717) is 23.5 Å². The van der Waals surface area contributed by atoms with E-state index in [-0.39, 0.29) is 0 Å². The summed E-state index contributed by atoms with van der Waals surface area (Å²) in [5.74, 6) is 1.51. The van der Waals surface area contributed by atoms with E-state index in [9.17, 15) is 0 Å².